The van der Waals surface area contributed by atoms with E-state index < -0.39 is 7.44 Å². The van der Waals surface area contributed by atoms with Crippen LogP contribution in [0.2, 0.25) is 0 Å². The fourth-order valence-electron chi connectivity index (χ4n) is 7.88. The van der Waals surface area contributed by atoms with Crippen molar-refractivity contribution in [1.82, 2.24) is 4.57 Å². The van der Waals surface area contributed by atoms with Crippen LogP contribution in [-0.4, -0.2) is 4.57 Å². The molecule has 0 saturated heterocycles. The van der Waals surface area contributed by atoms with Crippen LogP contribution in [0.15, 0.2) is 206 Å². The van der Waals surface area contributed by atoms with Crippen molar-refractivity contribution in [2.75, 3.05) is 9.34 Å². The van der Waals surface area contributed by atoms with Crippen molar-refractivity contribution >= 4 is 57.3 Å². The molecule has 0 saturated carbocycles. The van der Waals surface area contributed by atoms with Crippen LogP contribution in [0.25, 0.3) is 49.7 Å². The maximum atomic E-state index is 16.2. The van der Waals surface area contributed by atoms with Gasteiger partial charge in [-0.25, -0.2) is 0 Å². The predicted octanol–water partition coefficient (Wildman–Crippen LogP) is 12.9. The molecule has 0 aliphatic carbocycles. The van der Waals surface area contributed by atoms with Gasteiger partial charge in [0.25, 0.3) is 0 Å². The Hall–Kier alpha value is -6.61. The van der Waals surface area contributed by atoms with E-state index in [2.05, 4.69) is 138 Å². The zero-order valence-electron chi connectivity index (χ0n) is 28.8. The van der Waals surface area contributed by atoms with Gasteiger partial charge in [0, 0.05) is 27.8 Å². The fraction of sp³-hybridized carbons (Fsp3) is 0. The van der Waals surface area contributed by atoms with Gasteiger partial charge >= 0.3 is 7.44 Å². The van der Waals surface area contributed by atoms with Crippen molar-refractivity contribution in [3.63, 3.8) is 0 Å². The Labute approximate surface area is 308 Å². The lowest BCUT2D eigenvalue weighted by molar-refractivity contribution is 0.582. The smallest absolute Gasteiger partial charge is 0.301 e. The molecule has 53 heavy (non-hydrogen) atoms. The van der Waals surface area contributed by atoms with Crippen LogP contribution < -0.4 is 14.6 Å². The maximum Gasteiger partial charge on any atom is 0.301 e. The molecule has 0 atom stereocenters. The molecule has 0 fully saturated rings. The highest BCUT2D eigenvalue weighted by molar-refractivity contribution is 7.76. The summed E-state index contributed by atoms with van der Waals surface area (Å²) in [5, 5.41) is 3.13. The molecule has 0 bridgehead atoms. The van der Waals surface area contributed by atoms with E-state index in [-0.39, 0.29) is 0 Å². The van der Waals surface area contributed by atoms with Gasteiger partial charge in [0.2, 0.25) is 0 Å². The molecule has 9 aromatic rings. The molecule has 1 aliphatic heterocycles. The first kappa shape index (κ1) is 31.2. The number of hydrogen-bond acceptors (Lipinski definition) is 1. The Bertz CT molecular complexity index is 2630. The van der Waals surface area contributed by atoms with E-state index in [1.165, 1.54) is 21.9 Å². The number of anilines is 4. The quantitative estimate of drug-likeness (QED) is 0.162. The third-order valence-electron chi connectivity index (χ3n) is 10.3. The van der Waals surface area contributed by atoms with Crippen LogP contribution in [0.5, 0.6) is 0 Å². The third kappa shape index (κ3) is 5.03. The van der Waals surface area contributed by atoms with Crippen LogP contribution in [0, 0.1) is 0 Å². The van der Waals surface area contributed by atoms with E-state index in [0.29, 0.717) is 0 Å². The molecule has 4 nitrogen and oxygen atoms in total. The van der Waals surface area contributed by atoms with E-state index in [1.807, 2.05) is 82.1 Å². The summed E-state index contributed by atoms with van der Waals surface area (Å²) in [7, 11) is -3.50. The molecule has 10 rings (SSSR count). The van der Waals surface area contributed by atoms with E-state index >= 15 is 4.57 Å². The van der Waals surface area contributed by atoms with Gasteiger partial charge in [-0.1, -0.05) is 133 Å². The van der Waals surface area contributed by atoms with Crippen molar-refractivity contribution in [2.24, 2.45) is 0 Å². The molecule has 2 heterocycles. The van der Waals surface area contributed by atoms with Crippen molar-refractivity contribution < 1.29 is 4.57 Å². The van der Waals surface area contributed by atoms with Gasteiger partial charge in [0.15, 0.2) is 0 Å². The lowest BCUT2D eigenvalue weighted by Crippen LogP contribution is -2.26. The largest absolute Gasteiger partial charge is 0.309 e. The molecule has 0 unspecified atom stereocenters. The van der Waals surface area contributed by atoms with Crippen molar-refractivity contribution in [1.29, 1.82) is 0 Å². The first-order chi connectivity index (χ1) is 26.2. The van der Waals surface area contributed by atoms with E-state index in [1.54, 1.807) is 0 Å². The normalized spacial score (nSPS) is 13.4. The molecule has 8 aromatic carbocycles. The van der Waals surface area contributed by atoms with E-state index in [4.69, 9.17) is 0 Å². The van der Waals surface area contributed by atoms with E-state index in [9.17, 15) is 0 Å². The number of benzene rings is 8. The Morgan fingerprint density at radius 2 is 0.736 bits per heavy atom. The SMILES string of the molecule is O=P1(c2ccc(-n3c4cc(-c5ccccc5)ccc4c4ccc(-c5ccccc5)cc43)cc2)N(c2ccccc2)c2ccccc2N1c1ccccc1. The Morgan fingerprint density at radius 1 is 0.340 bits per heavy atom. The highest BCUT2D eigenvalue weighted by atomic mass is 31.2. The highest BCUT2D eigenvalue weighted by Crippen LogP contribution is 2.69. The second-order valence-corrected chi connectivity index (χ2v) is 15.8. The molecule has 0 radical (unpaired) electrons. The molecular weight excluding hydrogens is 666 g/mol. The summed E-state index contributed by atoms with van der Waals surface area (Å²) >= 11 is 0. The van der Waals surface area contributed by atoms with Gasteiger partial charge < -0.3 is 4.57 Å². The minimum Gasteiger partial charge on any atom is -0.309 e. The summed E-state index contributed by atoms with van der Waals surface area (Å²) in [6.07, 6.45) is 0. The minimum atomic E-state index is -3.50. The fourth-order valence-corrected chi connectivity index (χ4v) is 10.9. The van der Waals surface area contributed by atoms with Gasteiger partial charge in [-0.3, -0.25) is 13.9 Å². The summed E-state index contributed by atoms with van der Waals surface area (Å²) in [5.74, 6) is 0. The molecular formula is C48H34N3OP. The topological polar surface area (TPSA) is 28.5 Å². The maximum absolute atomic E-state index is 16.2. The highest BCUT2D eigenvalue weighted by Gasteiger charge is 2.48. The monoisotopic (exact) mass is 699 g/mol. The minimum absolute atomic E-state index is 0.751. The number of fused-ring (bicyclic) bond motifs is 4. The van der Waals surface area contributed by atoms with Crippen molar-refractivity contribution in [3.05, 3.63) is 206 Å². The van der Waals surface area contributed by atoms with Gasteiger partial charge in [0.1, 0.15) is 0 Å². The number of para-hydroxylation sites is 4. The Morgan fingerprint density at radius 3 is 1.17 bits per heavy atom. The average Bonchev–Trinajstić information content (AvgIpc) is 3.70. The summed E-state index contributed by atoms with van der Waals surface area (Å²) in [4.78, 5) is 0. The van der Waals surface area contributed by atoms with Crippen LogP contribution >= 0.6 is 7.44 Å². The molecule has 0 amide bonds. The van der Waals surface area contributed by atoms with Gasteiger partial charge in [-0.05, 0) is 95.1 Å². The van der Waals surface area contributed by atoms with Crippen molar-refractivity contribution in [3.8, 4) is 27.9 Å². The molecule has 252 valence electrons. The number of rotatable bonds is 6. The number of aromatic nitrogens is 1. The van der Waals surface area contributed by atoms with Gasteiger partial charge in [0.05, 0.1) is 27.7 Å². The number of hydrogen-bond donors (Lipinski definition) is 0. The standard InChI is InChI=1S/C48H34N3OP/c52-53(50(40-19-9-3-10-20-40)45-23-13-14-24-46(45)51(53)41-21-11-4-12-22-41)42-29-27-39(28-30-42)49-47-33-37(35-15-5-1-6-16-35)25-31-43(47)44-32-26-38(34-48(44)49)36-17-7-2-8-18-36/h1-34H. The lowest BCUT2D eigenvalue weighted by atomic mass is 10.0. The van der Waals surface area contributed by atoms with Gasteiger partial charge in [-0.15, -0.1) is 0 Å². The van der Waals surface area contributed by atoms with Crippen LogP contribution in [0.1, 0.15) is 0 Å². The predicted molar refractivity (Wildman–Crippen MR) is 222 cm³/mol. The lowest BCUT2D eigenvalue weighted by Gasteiger charge is -2.33. The summed E-state index contributed by atoms with van der Waals surface area (Å²) in [5.41, 5.74) is 11.5. The van der Waals surface area contributed by atoms with Gasteiger partial charge in [-0.2, -0.15) is 0 Å². The number of nitrogens with zero attached hydrogens (tertiary/aromatic N) is 3. The van der Waals surface area contributed by atoms with E-state index in [0.717, 1.165) is 55.9 Å². The van der Waals surface area contributed by atoms with Crippen molar-refractivity contribution in [2.45, 2.75) is 0 Å². The Kier molecular flexibility index (Phi) is 7.38. The third-order valence-corrected chi connectivity index (χ3v) is 13.3. The molecule has 0 N–H and O–H groups in total. The molecule has 5 heteroatoms. The summed E-state index contributed by atoms with van der Waals surface area (Å²) < 4.78 is 22.7. The molecule has 1 aliphatic rings. The first-order valence-corrected chi connectivity index (χ1v) is 19.5. The zero-order valence-corrected chi connectivity index (χ0v) is 29.7. The first-order valence-electron chi connectivity index (χ1n) is 17.9. The Balaban J connectivity index is 1.19. The molecule has 1 aromatic heterocycles. The zero-order chi connectivity index (χ0) is 35.4. The van der Waals surface area contributed by atoms with Crippen LogP contribution in [0.4, 0.5) is 22.7 Å². The molecule has 0 spiro atoms. The van der Waals surface area contributed by atoms with Crippen LogP contribution in [-0.2, 0) is 4.57 Å². The summed E-state index contributed by atoms with van der Waals surface area (Å²) in [6, 6.07) is 71.3. The second kappa shape index (κ2) is 12.6. The average molecular weight is 700 g/mol. The van der Waals surface area contributed by atoms with Crippen LogP contribution in [0.3, 0.4) is 0 Å². The second-order valence-electron chi connectivity index (χ2n) is 13.4. The summed E-state index contributed by atoms with van der Waals surface area (Å²) in [6.45, 7) is 0.